The monoisotopic (exact) mass is 677 g/mol. The molecule has 0 N–H and O–H groups in total. The SMILES string of the molecule is c1ccc(-c2cc(-c3ccccc3)cc(-c3nc(-c4ccc5ccccc5c4)nc(-c4cc(-c5ccccc5)c5c(c4)oc4ccccc45)n3)c2)cc1. The van der Waals surface area contributed by atoms with Crippen LogP contribution < -0.4 is 0 Å². The van der Waals surface area contributed by atoms with Gasteiger partial charge in [0.1, 0.15) is 11.2 Å². The van der Waals surface area contributed by atoms with E-state index in [0.717, 1.165) is 82.8 Å². The Morgan fingerprint density at radius 3 is 1.47 bits per heavy atom. The van der Waals surface area contributed by atoms with E-state index in [2.05, 4.69) is 158 Å². The summed E-state index contributed by atoms with van der Waals surface area (Å²) in [5, 5.41) is 4.44. The molecule has 10 aromatic rings. The van der Waals surface area contributed by atoms with E-state index >= 15 is 0 Å². The quantitative estimate of drug-likeness (QED) is 0.176. The summed E-state index contributed by atoms with van der Waals surface area (Å²) in [5.41, 5.74) is 10.9. The molecule has 0 unspecified atom stereocenters. The minimum Gasteiger partial charge on any atom is -0.456 e. The molecule has 10 rings (SSSR count). The van der Waals surface area contributed by atoms with E-state index in [1.54, 1.807) is 0 Å². The van der Waals surface area contributed by atoms with Crippen LogP contribution >= 0.6 is 0 Å². The highest BCUT2D eigenvalue weighted by molar-refractivity contribution is 6.13. The summed E-state index contributed by atoms with van der Waals surface area (Å²) in [7, 11) is 0. The average molecular weight is 678 g/mol. The molecule has 0 amide bonds. The summed E-state index contributed by atoms with van der Waals surface area (Å²) in [4.78, 5) is 15.7. The van der Waals surface area contributed by atoms with Crippen molar-refractivity contribution in [1.29, 1.82) is 0 Å². The summed E-state index contributed by atoms with van der Waals surface area (Å²) in [6.45, 7) is 0. The summed E-state index contributed by atoms with van der Waals surface area (Å²) in [6.07, 6.45) is 0. The van der Waals surface area contributed by atoms with E-state index in [-0.39, 0.29) is 0 Å². The maximum atomic E-state index is 6.51. The van der Waals surface area contributed by atoms with Crippen LogP contribution in [0.25, 0.3) is 100 Å². The molecule has 4 nitrogen and oxygen atoms in total. The number of nitrogens with zero attached hydrogens (tertiary/aromatic N) is 3. The van der Waals surface area contributed by atoms with Gasteiger partial charge in [0.2, 0.25) is 0 Å². The number of para-hydroxylation sites is 1. The van der Waals surface area contributed by atoms with Crippen LogP contribution in [-0.2, 0) is 0 Å². The molecule has 0 bridgehead atoms. The van der Waals surface area contributed by atoms with Gasteiger partial charge in [-0.2, -0.15) is 0 Å². The van der Waals surface area contributed by atoms with Crippen molar-refractivity contribution in [2.45, 2.75) is 0 Å². The molecule has 0 radical (unpaired) electrons. The van der Waals surface area contributed by atoms with Gasteiger partial charge in [-0.05, 0) is 86.6 Å². The van der Waals surface area contributed by atoms with Gasteiger partial charge in [0.25, 0.3) is 0 Å². The fraction of sp³-hybridized carbons (Fsp3) is 0. The first kappa shape index (κ1) is 30.6. The van der Waals surface area contributed by atoms with Gasteiger partial charge >= 0.3 is 0 Å². The second-order valence-electron chi connectivity index (χ2n) is 13.3. The molecule has 0 aliphatic heterocycles. The smallest absolute Gasteiger partial charge is 0.164 e. The topological polar surface area (TPSA) is 51.8 Å². The number of aromatic nitrogens is 3. The molecule has 0 spiro atoms. The molecule has 0 saturated heterocycles. The highest BCUT2D eigenvalue weighted by Gasteiger charge is 2.19. The zero-order valence-corrected chi connectivity index (χ0v) is 28.6. The lowest BCUT2D eigenvalue weighted by molar-refractivity contribution is 0.669. The third-order valence-corrected chi connectivity index (χ3v) is 9.87. The van der Waals surface area contributed by atoms with Crippen LogP contribution in [0.1, 0.15) is 0 Å². The van der Waals surface area contributed by atoms with Crippen LogP contribution in [0.15, 0.2) is 192 Å². The molecule has 0 saturated carbocycles. The normalized spacial score (nSPS) is 11.4. The van der Waals surface area contributed by atoms with Gasteiger partial charge in [-0.3, -0.25) is 0 Å². The van der Waals surface area contributed by atoms with Crippen LogP contribution in [0, 0.1) is 0 Å². The number of benzene rings is 8. The summed E-state index contributed by atoms with van der Waals surface area (Å²) < 4.78 is 6.51. The summed E-state index contributed by atoms with van der Waals surface area (Å²) in [5.74, 6) is 1.77. The minimum atomic E-state index is 0.573. The van der Waals surface area contributed by atoms with Crippen molar-refractivity contribution in [3.63, 3.8) is 0 Å². The first-order chi connectivity index (χ1) is 26.2. The summed E-state index contributed by atoms with van der Waals surface area (Å²) >= 11 is 0. The highest BCUT2D eigenvalue weighted by atomic mass is 16.3. The second-order valence-corrected chi connectivity index (χ2v) is 13.3. The number of fused-ring (bicyclic) bond motifs is 4. The van der Waals surface area contributed by atoms with Crippen molar-refractivity contribution < 1.29 is 4.42 Å². The minimum absolute atomic E-state index is 0.573. The van der Waals surface area contributed by atoms with Crippen LogP contribution in [-0.4, -0.2) is 15.0 Å². The molecule has 0 fully saturated rings. The van der Waals surface area contributed by atoms with Crippen molar-refractivity contribution in [3.05, 3.63) is 188 Å². The average Bonchev–Trinajstić information content (AvgIpc) is 3.62. The molecular formula is C49H31N3O. The highest BCUT2D eigenvalue weighted by Crippen LogP contribution is 2.40. The number of furan rings is 1. The van der Waals surface area contributed by atoms with Gasteiger partial charge in [0, 0.05) is 27.5 Å². The summed E-state index contributed by atoms with van der Waals surface area (Å²) in [6, 6.07) is 65.2. The molecule has 0 aliphatic rings. The van der Waals surface area contributed by atoms with Gasteiger partial charge < -0.3 is 4.42 Å². The Hall–Kier alpha value is -7.17. The Morgan fingerprint density at radius 1 is 0.302 bits per heavy atom. The van der Waals surface area contributed by atoms with E-state index < -0.39 is 0 Å². The lowest BCUT2D eigenvalue weighted by atomic mass is 9.95. The van der Waals surface area contributed by atoms with E-state index in [4.69, 9.17) is 19.4 Å². The maximum absolute atomic E-state index is 6.51. The van der Waals surface area contributed by atoms with Crippen LogP contribution in [0.2, 0.25) is 0 Å². The van der Waals surface area contributed by atoms with E-state index in [1.807, 2.05) is 30.3 Å². The molecular weight excluding hydrogens is 647 g/mol. The predicted octanol–water partition coefficient (Wildman–Crippen LogP) is 12.9. The fourth-order valence-corrected chi connectivity index (χ4v) is 7.27. The number of rotatable bonds is 6. The lowest BCUT2D eigenvalue weighted by Crippen LogP contribution is -2.01. The van der Waals surface area contributed by atoms with Gasteiger partial charge in [0.05, 0.1) is 0 Å². The molecule has 0 aliphatic carbocycles. The zero-order valence-electron chi connectivity index (χ0n) is 28.6. The Labute approximate surface area is 306 Å². The third-order valence-electron chi connectivity index (χ3n) is 9.87. The van der Waals surface area contributed by atoms with Crippen LogP contribution in [0.3, 0.4) is 0 Å². The molecule has 8 aromatic carbocycles. The predicted molar refractivity (Wildman–Crippen MR) is 217 cm³/mol. The van der Waals surface area contributed by atoms with Crippen LogP contribution in [0.4, 0.5) is 0 Å². The lowest BCUT2D eigenvalue weighted by Gasteiger charge is -2.13. The largest absolute Gasteiger partial charge is 0.456 e. The van der Waals surface area contributed by atoms with E-state index in [1.165, 1.54) is 0 Å². The van der Waals surface area contributed by atoms with E-state index in [9.17, 15) is 0 Å². The van der Waals surface area contributed by atoms with Crippen molar-refractivity contribution in [2.24, 2.45) is 0 Å². The molecule has 248 valence electrons. The van der Waals surface area contributed by atoms with E-state index in [0.29, 0.717) is 17.5 Å². The first-order valence-electron chi connectivity index (χ1n) is 17.8. The molecule has 2 heterocycles. The Kier molecular flexibility index (Phi) is 7.43. The number of hydrogen-bond acceptors (Lipinski definition) is 4. The zero-order chi connectivity index (χ0) is 35.1. The van der Waals surface area contributed by atoms with Crippen molar-refractivity contribution in [3.8, 4) is 67.5 Å². The maximum Gasteiger partial charge on any atom is 0.164 e. The molecule has 53 heavy (non-hydrogen) atoms. The van der Waals surface area contributed by atoms with Gasteiger partial charge in [0.15, 0.2) is 17.5 Å². The molecule has 2 aromatic heterocycles. The van der Waals surface area contributed by atoms with Gasteiger partial charge in [-0.1, -0.05) is 146 Å². The van der Waals surface area contributed by atoms with Gasteiger partial charge in [-0.25, -0.2) is 15.0 Å². The second kappa shape index (κ2) is 12.9. The molecule has 0 atom stereocenters. The Morgan fingerprint density at radius 2 is 0.811 bits per heavy atom. The third kappa shape index (κ3) is 5.73. The van der Waals surface area contributed by atoms with Gasteiger partial charge in [-0.15, -0.1) is 0 Å². The Balaban J connectivity index is 1.24. The van der Waals surface area contributed by atoms with Crippen LogP contribution in [0.5, 0.6) is 0 Å². The number of hydrogen-bond donors (Lipinski definition) is 0. The van der Waals surface area contributed by atoms with Crippen molar-refractivity contribution >= 4 is 32.7 Å². The molecule has 4 heteroatoms. The standard InChI is InChI=1S/C49H31N3O/c1-4-14-32(15-5-1)38-27-39(33-16-6-2-7-17-33)29-40(28-38)48-50-47(37-25-24-34-18-10-11-21-36(34)26-37)51-49(52-48)41-30-43(35-19-8-3-9-20-35)46-42-22-12-13-23-44(42)53-45(46)31-41/h1-31H. The fourth-order valence-electron chi connectivity index (χ4n) is 7.27. The van der Waals surface area contributed by atoms with Crippen molar-refractivity contribution in [2.75, 3.05) is 0 Å². The van der Waals surface area contributed by atoms with Crippen molar-refractivity contribution in [1.82, 2.24) is 15.0 Å². The first-order valence-corrected chi connectivity index (χ1v) is 17.8. The Bertz CT molecular complexity index is 2880.